The third-order valence-electron chi connectivity index (χ3n) is 7.74. The summed E-state index contributed by atoms with van der Waals surface area (Å²) in [6.07, 6.45) is 10.1. The lowest BCUT2D eigenvalue weighted by Crippen LogP contribution is -2.39. The summed E-state index contributed by atoms with van der Waals surface area (Å²) < 4.78 is 6.35. The molecule has 2 fully saturated rings. The van der Waals surface area contributed by atoms with Crippen LogP contribution in [0.2, 0.25) is 0 Å². The number of hydrogen-bond donors (Lipinski definition) is 3. The SMILES string of the molecule is O=C(NO)c1ccc(/C=C(/CNC2CCN(C3CCCCC3)C2)COc2cccc3ccccc23)cc1. The fourth-order valence-corrected chi connectivity index (χ4v) is 5.67. The zero-order valence-corrected chi connectivity index (χ0v) is 21.4. The topological polar surface area (TPSA) is 73.8 Å². The van der Waals surface area contributed by atoms with Crippen molar-refractivity contribution in [2.75, 3.05) is 26.2 Å². The van der Waals surface area contributed by atoms with Gasteiger partial charge in [0.15, 0.2) is 0 Å². The fraction of sp³-hybridized carbons (Fsp3) is 0.387. The highest BCUT2D eigenvalue weighted by Gasteiger charge is 2.28. The Balaban J connectivity index is 1.27. The molecule has 0 bridgehead atoms. The standard InChI is InChI=1S/C31H37N3O3/c35-31(33-36)26-15-13-23(14-16-26)19-24(22-37-30-12-6-8-25-7-4-5-11-29(25)30)20-32-27-17-18-34(21-27)28-9-2-1-3-10-28/h4-8,11-16,19,27-28,32,36H,1-3,9-10,17-18,20-22H2,(H,33,35)/b24-19-. The molecule has 194 valence electrons. The summed E-state index contributed by atoms with van der Waals surface area (Å²) in [6.45, 7) is 3.52. The molecule has 0 spiro atoms. The summed E-state index contributed by atoms with van der Waals surface area (Å²) in [5.74, 6) is 0.365. The van der Waals surface area contributed by atoms with Crippen molar-refractivity contribution in [2.45, 2.75) is 50.6 Å². The number of benzene rings is 3. The van der Waals surface area contributed by atoms with Gasteiger partial charge in [-0.15, -0.1) is 0 Å². The molecule has 1 aliphatic carbocycles. The highest BCUT2D eigenvalue weighted by molar-refractivity contribution is 5.93. The molecular weight excluding hydrogens is 462 g/mol. The van der Waals surface area contributed by atoms with E-state index in [2.05, 4.69) is 34.5 Å². The van der Waals surface area contributed by atoms with Crippen molar-refractivity contribution in [1.29, 1.82) is 0 Å². The molecule has 1 aliphatic heterocycles. The van der Waals surface area contributed by atoms with Crippen LogP contribution < -0.4 is 15.5 Å². The van der Waals surface area contributed by atoms with E-state index in [1.54, 1.807) is 17.6 Å². The Labute approximate surface area is 219 Å². The average molecular weight is 500 g/mol. The van der Waals surface area contributed by atoms with Gasteiger partial charge in [-0.25, -0.2) is 5.48 Å². The van der Waals surface area contributed by atoms with Crippen molar-refractivity contribution in [1.82, 2.24) is 15.7 Å². The summed E-state index contributed by atoms with van der Waals surface area (Å²) in [6, 6.07) is 22.9. The van der Waals surface area contributed by atoms with Gasteiger partial charge in [-0.2, -0.15) is 0 Å². The molecule has 3 aromatic rings. The molecule has 3 aromatic carbocycles. The maximum atomic E-state index is 11.7. The zero-order chi connectivity index (χ0) is 25.5. The summed E-state index contributed by atoms with van der Waals surface area (Å²) in [5, 5.41) is 15.0. The van der Waals surface area contributed by atoms with E-state index in [0.717, 1.165) is 46.8 Å². The van der Waals surface area contributed by atoms with Crippen molar-refractivity contribution >= 4 is 22.8 Å². The van der Waals surface area contributed by atoms with Crippen LogP contribution in [-0.4, -0.2) is 54.3 Å². The van der Waals surface area contributed by atoms with E-state index in [4.69, 9.17) is 9.94 Å². The number of carbonyl (C=O) groups excluding carboxylic acids is 1. The van der Waals surface area contributed by atoms with Crippen LogP contribution in [0.5, 0.6) is 5.75 Å². The molecule has 1 atom stereocenters. The predicted molar refractivity (Wildman–Crippen MR) is 148 cm³/mol. The van der Waals surface area contributed by atoms with Crippen LogP contribution in [0.3, 0.4) is 0 Å². The van der Waals surface area contributed by atoms with E-state index < -0.39 is 5.91 Å². The lowest BCUT2D eigenvalue weighted by Gasteiger charge is -2.31. The van der Waals surface area contributed by atoms with Crippen molar-refractivity contribution in [3.05, 3.63) is 83.4 Å². The third kappa shape index (κ3) is 6.58. The number of rotatable bonds is 9. The molecule has 5 rings (SSSR count). The number of fused-ring (bicyclic) bond motifs is 1. The summed E-state index contributed by atoms with van der Waals surface area (Å²) in [5.41, 5.74) is 4.23. The van der Waals surface area contributed by atoms with Crippen molar-refractivity contribution in [3.8, 4) is 5.75 Å². The van der Waals surface area contributed by atoms with Gasteiger partial charge in [0.05, 0.1) is 0 Å². The molecule has 0 aromatic heterocycles. The highest BCUT2D eigenvalue weighted by atomic mass is 16.5. The molecule has 0 radical (unpaired) electrons. The maximum Gasteiger partial charge on any atom is 0.274 e. The second-order valence-electron chi connectivity index (χ2n) is 10.3. The second kappa shape index (κ2) is 12.4. The van der Waals surface area contributed by atoms with Gasteiger partial charge >= 0.3 is 0 Å². The smallest absolute Gasteiger partial charge is 0.274 e. The van der Waals surface area contributed by atoms with E-state index in [1.807, 2.05) is 36.4 Å². The number of nitrogens with one attached hydrogen (secondary N) is 2. The van der Waals surface area contributed by atoms with Gasteiger partial charge in [-0.1, -0.05) is 73.9 Å². The Morgan fingerprint density at radius 1 is 0.973 bits per heavy atom. The van der Waals surface area contributed by atoms with Gasteiger partial charge in [0.1, 0.15) is 12.4 Å². The monoisotopic (exact) mass is 499 g/mol. The van der Waals surface area contributed by atoms with E-state index in [1.165, 1.54) is 45.1 Å². The Bertz CT molecular complexity index is 1210. The van der Waals surface area contributed by atoms with E-state index in [0.29, 0.717) is 18.2 Å². The molecule has 2 aliphatic rings. The number of hydroxylamine groups is 1. The van der Waals surface area contributed by atoms with Gasteiger partial charge in [-0.3, -0.25) is 14.9 Å². The first-order valence-corrected chi connectivity index (χ1v) is 13.5. The van der Waals surface area contributed by atoms with Crippen LogP contribution >= 0.6 is 0 Å². The van der Waals surface area contributed by atoms with Gasteiger partial charge in [0, 0.05) is 42.7 Å². The van der Waals surface area contributed by atoms with Gasteiger partial charge in [0.25, 0.3) is 5.91 Å². The minimum atomic E-state index is -0.513. The lowest BCUT2D eigenvalue weighted by molar-refractivity contribution is 0.0706. The van der Waals surface area contributed by atoms with E-state index in [-0.39, 0.29) is 0 Å². The molecule has 1 saturated heterocycles. The first-order valence-electron chi connectivity index (χ1n) is 13.5. The van der Waals surface area contributed by atoms with E-state index >= 15 is 0 Å². The van der Waals surface area contributed by atoms with Gasteiger partial charge in [0.2, 0.25) is 0 Å². The molecule has 6 heteroatoms. The lowest BCUT2D eigenvalue weighted by atomic mass is 9.94. The molecule has 1 amide bonds. The van der Waals surface area contributed by atoms with E-state index in [9.17, 15) is 4.79 Å². The number of hydrogen-bond acceptors (Lipinski definition) is 5. The first kappa shape index (κ1) is 25.5. The van der Waals surface area contributed by atoms with Crippen LogP contribution in [0, 0.1) is 0 Å². The summed E-state index contributed by atoms with van der Waals surface area (Å²) in [4.78, 5) is 14.4. The van der Waals surface area contributed by atoms with Crippen molar-refractivity contribution < 1.29 is 14.7 Å². The predicted octanol–water partition coefficient (Wildman–Crippen LogP) is 5.42. The molecule has 37 heavy (non-hydrogen) atoms. The number of amides is 1. The van der Waals surface area contributed by atoms with Crippen molar-refractivity contribution in [3.63, 3.8) is 0 Å². The number of ether oxygens (including phenoxy) is 1. The molecule has 1 unspecified atom stereocenters. The largest absolute Gasteiger partial charge is 0.489 e. The molecule has 6 nitrogen and oxygen atoms in total. The normalized spacial score (nSPS) is 19.3. The second-order valence-corrected chi connectivity index (χ2v) is 10.3. The van der Waals surface area contributed by atoms with Crippen LogP contribution in [0.1, 0.15) is 54.4 Å². The molecular formula is C31H37N3O3. The minimum absolute atomic E-state index is 0.417. The Hall–Kier alpha value is -3.19. The fourth-order valence-electron chi connectivity index (χ4n) is 5.67. The van der Waals surface area contributed by atoms with Crippen LogP contribution in [-0.2, 0) is 0 Å². The maximum absolute atomic E-state index is 11.7. The van der Waals surface area contributed by atoms with Gasteiger partial charge in [-0.05, 0) is 54.0 Å². The Kier molecular flexibility index (Phi) is 8.51. The number of likely N-dealkylation sites (tertiary alicyclic amines) is 1. The van der Waals surface area contributed by atoms with Gasteiger partial charge < -0.3 is 10.1 Å². The number of nitrogens with zero attached hydrogens (tertiary/aromatic N) is 1. The summed E-state index contributed by atoms with van der Waals surface area (Å²) in [7, 11) is 0. The third-order valence-corrected chi connectivity index (χ3v) is 7.74. The number of carbonyl (C=O) groups is 1. The highest BCUT2D eigenvalue weighted by Crippen LogP contribution is 2.27. The van der Waals surface area contributed by atoms with Crippen LogP contribution in [0.15, 0.2) is 72.3 Å². The minimum Gasteiger partial charge on any atom is -0.489 e. The molecule has 1 heterocycles. The first-order chi connectivity index (χ1) is 18.2. The molecule has 3 N–H and O–H groups in total. The quantitative estimate of drug-likeness (QED) is 0.271. The zero-order valence-electron chi connectivity index (χ0n) is 21.4. The Morgan fingerprint density at radius 2 is 1.76 bits per heavy atom. The van der Waals surface area contributed by atoms with Crippen LogP contribution in [0.4, 0.5) is 0 Å². The Morgan fingerprint density at radius 3 is 2.57 bits per heavy atom. The van der Waals surface area contributed by atoms with Crippen LogP contribution in [0.25, 0.3) is 16.8 Å². The average Bonchev–Trinajstić information content (AvgIpc) is 3.44. The molecule has 1 saturated carbocycles. The summed E-state index contributed by atoms with van der Waals surface area (Å²) >= 11 is 0. The van der Waals surface area contributed by atoms with Crippen molar-refractivity contribution in [2.24, 2.45) is 0 Å².